The summed E-state index contributed by atoms with van der Waals surface area (Å²) < 4.78 is 24.6. The minimum Gasteiger partial charge on any atom is -0.271 e. The van der Waals surface area contributed by atoms with Gasteiger partial charge in [-0.3, -0.25) is 20.4 Å². The second kappa shape index (κ2) is 8.94. The normalized spacial score (nSPS) is 19.1. The van der Waals surface area contributed by atoms with Gasteiger partial charge >= 0.3 is 0 Å². The molecule has 1 aliphatic rings. The van der Waals surface area contributed by atoms with Gasteiger partial charge in [0.15, 0.2) is 0 Å². The number of carbonyl (C=O) groups excluding carboxylic acids is 2. The average molecular weight is 392 g/mol. The summed E-state index contributed by atoms with van der Waals surface area (Å²) in [4.78, 5) is 24.6. The third kappa shape index (κ3) is 5.25. The molecule has 2 unspecified atom stereocenters. The minimum atomic E-state index is -2.52. The summed E-state index contributed by atoms with van der Waals surface area (Å²) in [6.07, 6.45) is 0.533. The number of amides is 2. The number of benzene rings is 2. The smallest absolute Gasteiger partial charge is 0.271 e. The fraction of sp³-hybridized carbons (Fsp3) is 0.222. The van der Waals surface area contributed by atoms with Gasteiger partial charge < -0.3 is 0 Å². The Kier molecular flexibility index (Phi) is 6.38. The molecule has 1 aliphatic heterocycles. The molecule has 0 aliphatic carbocycles. The number of thioether (sulfide) groups is 1. The fourth-order valence-corrected chi connectivity index (χ4v) is 3.20. The highest BCUT2D eigenvalue weighted by Crippen LogP contribution is 2.25. The van der Waals surface area contributed by atoms with Crippen LogP contribution in [-0.2, 0) is 4.79 Å². The molecule has 9 heteroatoms. The zero-order valence-electron chi connectivity index (χ0n) is 14.1. The van der Waals surface area contributed by atoms with Crippen LogP contribution in [0, 0.1) is 0 Å². The van der Waals surface area contributed by atoms with Gasteiger partial charge in [0.2, 0.25) is 0 Å². The first kappa shape index (κ1) is 19.3. The van der Waals surface area contributed by atoms with E-state index in [1.165, 1.54) is 24.3 Å². The van der Waals surface area contributed by atoms with E-state index in [1.807, 2.05) is 30.3 Å². The number of hydrogen-bond donors (Lipinski definition) is 4. The van der Waals surface area contributed by atoms with Crippen LogP contribution in [0.25, 0.3) is 0 Å². The molecule has 27 heavy (non-hydrogen) atoms. The van der Waals surface area contributed by atoms with Crippen LogP contribution in [0.15, 0.2) is 59.5 Å². The van der Waals surface area contributed by atoms with Gasteiger partial charge in [-0.1, -0.05) is 42.1 Å². The van der Waals surface area contributed by atoms with E-state index in [9.17, 15) is 18.4 Å². The standard InChI is InChI=1S/C18H18F2N4O2S/c19-18(20)27-13-8-6-12(7-9-13)16(25)23-24-17(26)15-10-14(21-22-15)11-4-2-1-3-5-11/h1-9,14-15,18,21-22H,10H2,(H,23,25)(H,24,26). The lowest BCUT2D eigenvalue weighted by Crippen LogP contribution is -2.50. The topological polar surface area (TPSA) is 82.3 Å². The molecule has 2 atom stereocenters. The summed E-state index contributed by atoms with van der Waals surface area (Å²) in [5, 5.41) is 0. The van der Waals surface area contributed by atoms with E-state index in [2.05, 4.69) is 21.7 Å². The van der Waals surface area contributed by atoms with E-state index >= 15 is 0 Å². The molecule has 3 rings (SSSR count). The molecule has 0 radical (unpaired) electrons. The van der Waals surface area contributed by atoms with Gasteiger partial charge in [0.1, 0.15) is 6.04 Å². The van der Waals surface area contributed by atoms with Crippen LogP contribution >= 0.6 is 11.8 Å². The molecule has 142 valence electrons. The largest absolute Gasteiger partial charge is 0.288 e. The van der Waals surface area contributed by atoms with Gasteiger partial charge in [-0.2, -0.15) is 8.78 Å². The lowest BCUT2D eigenvalue weighted by molar-refractivity contribution is -0.123. The first-order chi connectivity index (χ1) is 13.0. The molecule has 2 aromatic rings. The molecular weight excluding hydrogens is 374 g/mol. The van der Waals surface area contributed by atoms with E-state index in [1.54, 1.807) is 0 Å². The minimum absolute atomic E-state index is 0.00229. The zero-order chi connectivity index (χ0) is 19.2. The molecule has 0 aromatic heterocycles. The van der Waals surface area contributed by atoms with E-state index in [0.717, 1.165) is 5.56 Å². The third-order valence-corrected chi connectivity index (χ3v) is 4.79. The molecule has 1 heterocycles. The molecule has 2 aromatic carbocycles. The first-order valence-corrected chi connectivity index (χ1v) is 9.12. The number of halogens is 2. The van der Waals surface area contributed by atoms with E-state index in [-0.39, 0.29) is 17.5 Å². The lowest BCUT2D eigenvalue weighted by Gasteiger charge is -2.12. The number of carbonyl (C=O) groups is 2. The Morgan fingerprint density at radius 3 is 2.37 bits per heavy atom. The molecule has 4 N–H and O–H groups in total. The second-order valence-electron chi connectivity index (χ2n) is 5.89. The predicted molar refractivity (Wildman–Crippen MR) is 97.8 cm³/mol. The highest BCUT2D eigenvalue weighted by atomic mass is 32.2. The van der Waals surface area contributed by atoms with Crippen molar-refractivity contribution in [1.82, 2.24) is 21.7 Å². The molecule has 2 amide bonds. The summed E-state index contributed by atoms with van der Waals surface area (Å²) in [6, 6.07) is 14.9. The lowest BCUT2D eigenvalue weighted by atomic mass is 10.0. The van der Waals surface area contributed by atoms with E-state index in [0.29, 0.717) is 23.1 Å². The van der Waals surface area contributed by atoms with Crippen molar-refractivity contribution in [3.8, 4) is 0 Å². The fourth-order valence-electron chi connectivity index (χ4n) is 2.70. The predicted octanol–water partition coefficient (Wildman–Crippen LogP) is 2.37. The molecule has 0 saturated carbocycles. The highest BCUT2D eigenvalue weighted by Gasteiger charge is 2.30. The molecule has 0 spiro atoms. The van der Waals surface area contributed by atoms with Crippen molar-refractivity contribution < 1.29 is 18.4 Å². The summed E-state index contributed by atoms with van der Waals surface area (Å²) >= 11 is 0.402. The maximum atomic E-state index is 12.3. The Hall–Kier alpha value is -2.49. The summed E-state index contributed by atoms with van der Waals surface area (Å²) in [6.45, 7) is 0. The van der Waals surface area contributed by atoms with Crippen LogP contribution in [0.2, 0.25) is 0 Å². The van der Waals surface area contributed by atoms with Gasteiger partial charge in [0, 0.05) is 16.5 Å². The Morgan fingerprint density at radius 1 is 1.00 bits per heavy atom. The number of rotatable bonds is 5. The third-order valence-electron chi connectivity index (χ3n) is 4.06. The Morgan fingerprint density at radius 2 is 1.70 bits per heavy atom. The molecule has 6 nitrogen and oxygen atoms in total. The number of nitrogens with one attached hydrogen (secondary N) is 4. The van der Waals surface area contributed by atoms with Crippen molar-refractivity contribution in [2.45, 2.75) is 29.2 Å². The Balaban J connectivity index is 1.48. The van der Waals surface area contributed by atoms with Crippen molar-refractivity contribution in [3.05, 3.63) is 65.7 Å². The molecule has 1 fully saturated rings. The van der Waals surface area contributed by atoms with Crippen LogP contribution in [-0.4, -0.2) is 23.6 Å². The van der Waals surface area contributed by atoms with Crippen LogP contribution in [0.5, 0.6) is 0 Å². The van der Waals surface area contributed by atoms with Crippen molar-refractivity contribution in [1.29, 1.82) is 0 Å². The number of alkyl halides is 2. The molecule has 1 saturated heterocycles. The summed E-state index contributed by atoms with van der Waals surface area (Å²) in [5.74, 6) is -3.42. The van der Waals surface area contributed by atoms with Crippen LogP contribution in [0.3, 0.4) is 0 Å². The van der Waals surface area contributed by atoms with Gasteiger partial charge in [0.05, 0.1) is 0 Å². The summed E-state index contributed by atoms with van der Waals surface area (Å²) in [5.41, 5.74) is 12.0. The van der Waals surface area contributed by atoms with Crippen LogP contribution in [0.4, 0.5) is 8.78 Å². The van der Waals surface area contributed by atoms with E-state index < -0.39 is 17.7 Å². The Bertz CT molecular complexity index is 790. The van der Waals surface area contributed by atoms with Gasteiger partial charge in [-0.25, -0.2) is 10.9 Å². The first-order valence-electron chi connectivity index (χ1n) is 8.24. The number of hydrogen-bond acceptors (Lipinski definition) is 5. The monoisotopic (exact) mass is 392 g/mol. The van der Waals surface area contributed by atoms with Crippen LogP contribution in [0.1, 0.15) is 28.4 Å². The quantitative estimate of drug-likeness (QED) is 0.464. The average Bonchev–Trinajstić information content (AvgIpc) is 3.17. The van der Waals surface area contributed by atoms with Crippen molar-refractivity contribution in [2.24, 2.45) is 0 Å². The van der Waals surface area contributed by atoms with Gasteiger partial charge in [-0.05, 0) is 36.2 Å². The van der Waals surface area contributed by atoms with Crippen molar-refractivity contribution in [3.63, 3.8) is 0 Å². The van der Waals surface area contributed by atoms with Crippen molar-refractivity contribution in [2.75, 3.05) is 0 Å². The zero-order valence-corrected chi connectivity index (χ0v) is 14.9. The maximum absolute atomic E-state index is 12.3. The Labute approximate surface area is 159 Å². The highest BCUT2D eigenvalue weighted by molar-refractivity contribution is 7.99. The van der Waals surface area contributed by atoms with Crippen molar-refractivity contribution >= 4 is 23.6 Å². The number of hydrazine groups is 2. The molecule has 0 bridgehead atoms. The summed E-state index contributed by atoms with van der Waals surface area (Å²) in [7, 11) is 0. The maximum Gasteiger partial charge on any atom is 0.288 e. The second-order valence-corrected chi connectivity index (χ2v) is 6.95. The van der Waals surface area contributed by atoms with Gasteiger partial charge in [0.25, 0.3) is 17.6 Å². The van der Waals surface area contributed by atoms with Crippen LogP contribution < -0.4 is 21.7 Å². The van der Waals surface area contributed by atoms with Gasteiger partial charge in [-0.15, -0.1) is 0 Å². The SMILES string of the molecule is O=C(NNC(=O)C1CC(c2ccccc2)NN1)c1ccc(SC(F)F)cc1. The molecular formula is C18H18F2N4O2S. The van der Waals surface area contributed by atoms with E-state index in [4.69, 9.17) is 0 Å².